The Morgan fingerprint density at radius 1 is 1.31 bits per heavy atom. The maximum atomic E-state index is 12.5. The average molecular weight is 385 g/mol. The van der Waals surface area contributed by atoms with Crippen molar-refractivity contribution in [3.05, 3.63) is 10.6 Å². The molecule has 0 radical (unpaired) electrons. The smallest absolute Gasteiger partial charge is 0.226 e. The molecule has 2 aliphatic heterocycles. The average Bonchev–Trinajstić information content (AvgIpc) is 3.28. The number of rotatable bonds is 2. The van der Waals surface area contributed by atoms with Gasteiger partial charge >= 0.3 is 0 Å². The summed E-state index contributed by atoms with van der Waals surface area (Å²) in [6.07, 6.45) is 6.70. The summed E-state index contributed by atoms with van der Waals surface area (Å²) >= 11 is 4.36. The molecule has 2 atom stereocenters. The molecule has 152 valence electrons. The lowest BCUT2D eigenvalue weighted by Gasteiger charge is -2.34. The van der Waals surface area contributed by atoms with Gasteiger partial charge in [0.15, 0.2) is 0 Å². The second-order valence-electron chi connectivity index (χ2n) is 7.94. The molecule has 1 saturated heterocycles. The monoisotopic (exact) mass is 384 g/mol. The second kappa shape index (κ2) is 11.2. The zero-order valence-electron chi connectivity index (χ0n) is 17.2. The summed E-state index contributed by atoms with van der Waals surface area (Å²) in [6, 6.07) is 0.625. The predicted molar refractivity (Wildman–Crippen MR) is 114 cm³/mol. The lowest BCUT2D eigenvalue weighted by Crippen LogP contribution is -2.43. The summed E-state index contributed by atoms with van der Waals surface area (Å²) < 4.78 is 0. The Balaban J connectivity index is 0.000000313. The first-order valence-electron chi connectivity index (χ1n) is 10.2. The number of carbonyl (C=O) groups is 1. The van der Waals surface area contributed by atoms with Gasteiger partial charge in [-0.15, -0.1) is 12.6 Å². The summed E-state index contributed by atoms with van der Waals surface area (Å²) in [5, 5.41) is 3.28. The molecule has 3 aliphatic rings. The zero-order valence-corrected chi connectivity index (χ0v) is 18.1. The minimum atomic E-state index is 0.153. The summed E-state index contributed by atoms with van der Waals surface area (Å²) in [4.78, 5) is 15.3. The van der Waals surface area contributed by atoms with Gasteiger partial charge in [-0.25, -0.2) is 0 Å². The van der Waals surface area contributed by atoms with Crippen LogP contribution < -0.4 is 16.8 Å². The van der Waals surface area contributed by atoms with Gasteiger partial charge in [0.2, 0.25) is 5.91 Å². The van der Waals surface area contributed by atoms with Crippen molar-refractivity contribution in [2.24, 2.45) is 22.8 Å². The van der Waals surface area contributed by atoms with E-state index in [0.29, 0.717) is 18.5 Å². The van der Waals surface area contributed by atoms with Crippen LogP contribution in [0.5, 0.6) is 0 Å². The van der Waals surface area contributed by atoms with Crippen molar-refractivity contribution < 1.29 is 4.79 Å². The van der Waals surface area contributed by atoms with Crippen molar-refractivity contribution in [2.75, 3.05) is 26.2 Å². The first kappa shape index (κ1) is 23.3. The van der Waals surface area contributed by atoms with Crippen molar-refractivity contribution in [3.8, 4) is 0 Å². The molecule has 0 spiro atoms. The second-order valence-corrected chi connectivity index (χ2v) is 8.48. The van der Waals surface area contributed by atoms with Crippen LogP contribution in [0.25, 0.3) is 0 Å². The molecular formula is C20H40N4OS. The van der Waals surface area contributed by atoms with Crippen LogP contribution >= 0.6 is 12.6 Å². The molecule has 6 heteroatoms. The van der Waals surface area contributed by atoms with E-state index < -0.39 is 0 Å². The topological polar surface area (TPSA) is 84.4 Å². The standard InChI is InChI=1S/C13H22N2OS.C5H12N2.C2H6/c1-13(2)6-3-4-9(13)12(16)15-7-5-10(14)11(17)8-15;6-4-5-2-1-3-7-5;1-2/h9,17H,3-8,14H2,1-2H3;5,7H,1-4,6H2;1-2H3. The van der Waals surface area contributed by atoms with E-state index in [0.717, 1.165) is 43.0 Å². The number of amides is 1. The van der Waals surface area contributed by atoms with E-state index in [4.69, 9.17) is 11.5 Å². The van der Waals surface area contributed by atoms with Crippen LogP contribution in [-0.4, -0.2) is 43.0 Å². The van der Waals surface area contributed by atoms with Crippen molar-refractivity contribution >= 4 is 18.5 Å². The highest BCUT2D eigenvalue weighted by Gasteiger charge is 2.41. The van der Waals surface area contributed by atoms with Crippen LogP contribution in [0.1, 0.15) is 66.2 Å². The van der Waals surface area contributed by atoms with E-state index in [1.165, 1.54) is 25.8 Å². The van der Waals surface area contributed by atoms with Crippen molar-refractivity contribution in [1.82, 2.24) is 10.2 Å². The van der Waals surface area contributed by atoms with E-state index in [-0.39, 0.29) is 11.3 Å². The Morgan fingerprint density at radius 2 is 2.00 bits per heavy atom. The molecule has 0 aromatic carbocycles. The Morgan fingerprint density at radius 3 is 2.42 bits per heavy atom. The Labute approximate surface area is 165 Å². The Bertz CT molecular complexity index is 472. The van der Waals surface area contributed by atoms with Crippen molar-refractivity contribution in [1.29, 1.82) is 0 Å². The summed E-state index contributed by atoms with van der Waals surface area (Å²) in [6.45, 7) is 11.7. The number of nitrogens with two attached hydrogens (primary N) is 2. The molecule has 1 saturated carbocycles. The molecule has 5 N–H and O–H groups in total. The van der Waals surface area contributed by atoms with Gasteiger partial charge in [-0.05, 0) is 37.6 Å². The molecule has 1 amide bonds. The fraction of sp³-hybridized carbons (Fsp3) is 0.850. The first-order chi connectivity index (χ1) is 12.3. The molecule has 5 nitrogen and oxygen atoms in total. The minimum absolute atomic E-state index is 0.153. The van der Waals surface area contributed by atoms with Gasteiger partial charge in [-0.2, -0.15) is 0 Å². The molecule has 1 aliphatic carbocycles. The zero-order chi connectivity index (χ0) is 19.7. The van der Waals surface area contributed by atoms with Gasteiger partial charge in [0.1, 0.15) is 0 Å². The number of hydrogen-bond acceptors (Lipinski definition) is 5. The SMILES string of the molecule is CC.CC1(C)CCCC1C(=O)N1CCC(N)=C(S)C1.NCC1CCCN1. The van der Waals surface area contributed by atoms with Crippen molar-refractivity contribution in [3.63, 3.8) is 0 Å². The maximum absolute atomic E-state index is 12.5. The highest BCUT2D eigenvalue weighted by molar-refractivity contribution is 7.84. The highest BCUT2D eigenvalue weighted by atomic mass is 32.1. The molecule has 2 fully saturated rings. The fourth-order valence-corrected chi connectivity index (χ4v) is 4.19. The summed E-state index contributed by atoms with van der Waals surface area (Å²) in [5.74, 6) is 0.481. The summed E-state index contributed by atoms with van der Waals surface area (Å²) in [5.41, 5.74) is 12.2. The van der Waals surface area contributed by atoms with Gasteiger partial charge in [0, 0.05) is 42.1 Å². The largest absolute Gasteiger partial charge is 0.401 e. The maximum Gasteiger partial charge on any atom is 0.226 e. The minimum Gasteiger partial charge on any atom is -0.401 e. The lowest BCUT2D eigenvalue weighted by atomic mass is 9.81. The van der Waals surface area contributed by atoms with Gasteiger partial charge < -0.3 is 21.7 Å². The van der Waals surface area contributed by atoms with E-state index in [9.17, 15) is 4.79 Å². The lowest BCUT2D eigenvalue weighted by molar-refractivity contribution is -0.138. The number of hydrogen-bond donors (Lipinski definition) is 4. The van der Waals surface area contributed by atoms with Crippen molar-refractivity contribution in [2.45, 2.75) is 72.3 Å². The number of nitrogens with zero attached hydrogens (tertiary/aromatic N) is 1. The predicted octanol–water partition coefficient (Wildman–Crippen LogP) is 2.87. The summed E-state index contributed by atoms with van der Waals surface area (Å²) in [7, 11) is 0. The third kappa shape index (κ3) is 6.46. The van der Waals surface area contributed by atoms with E-state index in [2.05, 4.69) is 31.8 Å². The highest BCUT2D eigenvalue weighted by Crippen LogP contribution is 2.43. The van der Waals surface area contributed by atoms with Gasteiger partial charge in [-0.3, -0.25) is 4.79 Å². The molecular weight excluding hydrogens is 344 g/mol. The molecule has 26 heavy (non-hydrogen) atoms. The molecule has 0 aromatic rings. The number of nitrogens with one attached hydrogen (secondary N) is 1. The fourth-order valence-electron chi connectivity index (χ4n) is 3.91. The Hall–Kier alpha value is -0.720. The van der Waals surface area contributed by atoms with E-state index in [1.807, 2.05) is 18.7 Å². The third-order valence-corrected chi connectivity index (χ3v) is 6.10. The van der Waals surface area contributed by atoms with Crippen LogP contribution in [0.4, 0.5) is 0 Å². The number of thiol groups is 1. The van der Waals surface area contributed by atoms with Crippen LogP contribution in [0.3, 0.4) is 0 Å². The third-order valence-electron chi connectivity index (χ3n) is 5.68. The van der Waals surface area contributed by atoms with Crippen LogP contribution in [0.2, 0.25) is 0 Å². The quantitative estimate of drug-likeness (QED) is 0.552. The van der Waals surface area contributed by atoms with E-state index in [1.54, 1.807) is 0 Å². The molecule has 2 unspecified atom stereocenters. The van der Waals surface area contributed by atoms with Crippen LogP contribution in [0, 0.1) is 11.3 Å². The normalized spacial score (nSPS) is 27.4. The molecule has 3 rings (SSSR count). The van der Waals surface area contributed by atoms with E-state index >= 15 is 0 Å². The number of carbonyl (C=O) groups excluding carboxylic acids is 1. The van der Waals surface area contributed by atoms with Gasteiger partial charge in [0.25, 0.3) is 0 Å². The molecule has 0 bridgehead atoms. The Kier molecular flexibility index (Phi) is 10.0. The van der Waals surface area contributed by atoms with Crippen LogP contribution in [0.15, 0.2) is 10.6 Å². The van der Waals surface area contributed by atoms with Gasteiger partial charge in [-0.1, -0.05) is 34.1 Å². The van der Waals surface area contributed by atoms with Crippen LogP contribution in [-0.2, 0) is 4.79 Å². The van der Waals surface area contributed by atoms with Gasteiger partial charge in [0.05, 0.1) is 6.54 Å². The molecule has 0 aromatic heterocycles. The molecule has 2 heterocycles. The first-order valence-corrected chi connectivity index (χ1v) is 10.7.